The lowest BCUT2D eigenvalue weighted by Gasteiger charge is -2.24. The molecule has 0 radical (unpaired) electrons. The molecule has 0 N–H and O–H groups in total. The zero-order chi connectivity index (χ0) is 24.6. The van der Waals surface area contributed by atoms with Gasteiger partial charge in [-0.25, -0.2) is 9.38 Å². The summed E-state index contributed by atoms with van der Waals surface area (Å²) >= 11 is 7.95. The van der Waals surface area contributed by atoms with E-state index in [2.05, 4.69) is 34.2 Å². The van der Waals surface area contributed by atoms with E-state index in [4.69, 9.17) is 16.6 Å². The third kappa shape index (κ3) is 4.31. The summed E-state index contributed by atoms with van der Waals surface area (Å²) in [5.74, 6) is 1.70. The van der Waals surface area contributed by atoms with Crippen LogP contribution in [0.1, 0.15) is 16.9 Å². The van der Waals surface area contributed by atoms with E-state index in [0.717, 1.165) is 63.8 Å². The van der Waals surface area contributed by atoms with Crippen LogP contribution in [-0.2, 0) is 11.2 Å². The molecule has 3 aromatic heterocycles. The molecule has 5 aromatic rings. The Morgan fingerprint density at radius 3 is 2.78 bits per heavy atom. The van der Waals surface area contributed by atoms with Crippen LogP contribution in [0.4, 0.5) is 5.95 Å². The maximum atomic E-state index is 13.0. The maximum absolute atomic E-state index is 13.0. The first kappa shape index (κ1) is 22.9. The molecule has 1 amide bonds. The summed E-state index contributed by atoms with van der Waals surface area (Å²) in [6.07, 6.45) is 1.31. The van der Waals surface area contributed by atoms with E-state index in [-0.39, 0.29) is 5.91 Å². The smallest absolute Gasteiger partial charge is 0.227 e. The first-order chi connectivity index (χ1) is 17.6. The number of carbonyl (C=O) groups is 1. The largest absolute Gasteiger partial charge is 0.341 e. The molecule has 0 bridgehead atoms. The Hall–Kier alpha value is -3.49. The average molecular weight is 517 g/mol. The van der Waals surface area contributed by atoms with E-state index in [1.54, 1.807) is 11.3 Å². The fraction of sp³-hybridized carbons (Fsp3) is 0.259. The van der Waals surface area contributed by atoms with Crippen molar-refractivity contribution in [1.29, 1.82) is 0 Å². The van der Waals surface area contributed by atoms with E-state index in [1.807, 2.05) is 57.1 Å². The quantitative estimate of drug-likeness (QED) is 0.326. The molecule has 7 nitrogen and oxygen atoms in total. The van der Waals surface area contributed by atoms with E-state index in [1.165, 1.54) is 0 Å². The Labute approximate surface area is 218 Å². The minimum atomic E-state index is 0.174. The Balaban J connectivity index is 1.40. The summed E-state index contributed by atoms with van der Waals surface area (Å²) in [5.41, 5.74) is 3.67. The van der Waals surface area contributed by atoms with Crippen molar-refractivity contribution in [3.8, 4) is 11.4 Å². The van der Waals surface area contributed by atoms with Crippen molar-refractivity contribution in [2.24, 2.45) is 0 Å². The Morgan fingerprint density at radius 2 is 1.94 bits per heavy atom. The highest BCUT2D eigenvalue weighted by Gasteiger charge is 2.25. The van der Waals surface area contributed by atoms with Gasteiger partial charge >= 0.3 is 0 Å². The van der Waals surface area contributed by atoms with Gasteiger partial charge in [0.25, 0.3) is 0 Å². The highest BCUT2D eigenvalue weighted by molar-refractivity contribution is 7.10. The number of aromatic nitrogens is 4. The number of benzene rings is 2. The number of nitrogens with zero attached hydrogens (tertiary/aromatic N) is 6. The summed E-state index contributed by atoms with van der Waals surface area (Å²) in [5, 5.41) is 12.7. The van der Waals surface area contributed by atoms with E-state index in [0.29, 0.717) is 24.5 Å². The number of anilines is 1. The number of carbonyl (C=O) groups excluding carboxylic acids is 1. The lowest BCUT2D eigenvalue weighted by atomic mass is 10.1. The van der Waals surface area contributed by atoms with Gasteiger partial charge in [0.2, 0.25) is 11.9 Å². The number of rotatable bonds is 4. The van der Waals surface area contributed by atoms with Crippen molar-refractivity contribution in [3.63, 3.8) is 0 Å². The first-order valence-corrected chi connectivity index (χ1v) is 13.3. The topological polar surface area (TPSA) is 66.6 Å². The van der Waals surface area contributed by atoms with Gasteiger partial charge in [-0.3, -0.25) is 4.79 Å². The van der Waals surface area contributed by atoms with E-state index >= 15 is 0 Å². The van der Waals surface area contributed by atoms with E-state index in [9.17, 15) is 4.79 Å². The number of thiophene rings is 1. The van der Waals surface area contributed by atoms with Crippen molar-refractivity contribution in [1.82, 2.24) is 24.5 Å². The third-order valence-electron chi connectivity index (χ3n) is 6.60. The molecule has 0 spiro atoms. The van der Waals surface area contributed by atoms with Crippen molar-refractivity contribution < 1.29 is 4.79 Å². The standard InChI is InChI=1S/C27H25ClN6OS/c1-18-5-2-6-19(15-18)25-30-31-26-22-9-8-20(28)16-23(22)29-27(34(25)26)33-11-4-10-32(12-13-33)24(35)17-21-7-3-14-36-21/h2-3,5-9,14-16H,4,10-13,17H2,1H3. The molecular formula is C27H25ClN6OS. The van der Waals surface area contributed by atoms with Gasteiger partial charge in [0.05, 0.1) is 11.9 Å². The highest BCUT2D eigenvalue weighted by atomic mass is 35.5. The second kappa shape index (κ2) is 9.52. The normalized spacial score (nSPS) is 14.5. The zero-order valence-electron chi connectivity index (χ0n) is 19.9. The first-order valence-electron chi connectivity index (χ1n) is 12.0. The van der Waals surface area contributed by atoms with Crippen LogP contribution in [0.25, 0.3) is 27.9 Å². The molecule has 36 heavy (non-hydrogen) atoms. The van der Waals surface area contributed by atoms with Crippen LogP contribution in [0, 0.1) is 6.92 Å². The number of hydrogen-bond donors (Lipinski definition) is 0. The summed E-state index contributed by atoms with van der Waals surface area (Å²) in [4.78, 5) is 23.4. The Bertz CT molecular complexity index is 1560. The maximum Gasteiger partial charge on any atom is 0.227 e. The van der Waals surface area contributed by atoms with Crippen molar-refractivity contribution >= 4 is 51.3 Å². The molecule has 4 heterocycles. The number of halogens is 1. The second-order valence-corrected chi connectivity index (χ2v) is 10.6. The van der Waals surface area contributed by atoms with Gasteiger partial charge in [-0.15, -0.1) is 21.5 Å². The Kier molecular flexibility index (Phi) is 6.07. The molecule has 6 rings (SSSR count). The molecule has 182 valence electrons. The third-order valence-corrected chi connectivity index (χ3v) is 7.71. The van der Waals surface area contributed by atoms with Gasteiger partial charge in [-0.05, 0) is 49.1 Å². The second-order valence-electron chi connectivity index (χ2n) is 9.10. The molecule has 1 saturated heterocycles. The molecule has 0 aliphatic carbocycles. The minimum absolute atomic E-state index is 0.174. The monoisotopic (exact) mass is 516 g/mol. The molecular weight excluding hydrogens is 492 g/mol. The summed E-state index contributed by atoms with van der Waals surface area (Å²) in [7, 11) is 0. The van der Waals surface area contributed by atoms with Crippen LogP contribution < -0.4 is 4.90 Å². The van der Waals surface area contributed by atoms with Crippen molar-refractivity contribution in [2.75, 3.05) is 31.1 Å². The van der Waals surface area contributed by atoms with E-state index < -0.39 is 0 Å². The van der Waals surface area contributed by atoms with Gasteiger partial charge in [-0.2, -0.15) is 0 Å². The fourth-order valence-electron chi connectivity index (χ4n) is 4.82. The number of hydrogen-bond acceptors (Lipinski definition) is 6. The van der Waals surface area contributed by atoms with Crippen LogP contribution in [0.5, 0.6) is 0 Å². The summed E-state index contributed by atoms with van der Waals surface area (Å²) < 4.78 is 2.05. The van der Waals surface area contributed by atoms with Gasteiger partial charge in [0, 0.05) is 47.0 Å². The zero-order valence-corrected chi connectivity index (χ0v) is 21.5. The number of aryl methyl sites for hydroxylation is 1. The molecule has 1 aliphatic heterocycles. The predicted molar refractivity (Wildman–Crippen MR) is 145 cm³/mol. The van der Waals surface area contributed by atoms with Crippen molar-refractivity contribution in [3.05, 3.63) is 75.4 Å². The van der Waals surface area contributed by atoms with Crippen LogP contribution >= 0.6 is 22.9 Å². The molecule has 0 atom stereocenters. The van der Waals surface area contributed by atoms with Crippen LogP contribution in [0.15, 0.2) is 60.0 Å². The van der Waals surface area contributed by atoms with Gasteiger partial charge in [0.1, 0.15) is 0 Å². The lowest BCUT2D eigenvalue weighted by Crippen LogP contribution is -2.36. The summed E-state index contributed by atoms with van der Waals surface area (Å²) in [6.45, 7) is 4.90. The molecule has 9 heteroatoms. The molecule has 1 fully saturated rings. The molecule has 0 saturated carbocycles. The lowest BCUT2D eigenvalue weighted by molar-refractivity contribution is -0.130. The van der Waals surface area contributed by atoms with Gasteiger partial charge in [0.15, 0.2) is 11.5 Å². The van der Waals surface area contributed by atoms with Gasteiger partial charge in [-0.1, -0.05) is 41.4 Å². The molecule has 2 aromatic carbocycles. The minimum Gasteiger partial charge on any atom is -0.341 e. The SMILES string of the molecule is Cc1cccc(-c2nnc3c4ccc(Cl)cc4nc(N4CCCN(C(=O)Cc5cccs5)CC4)n23)c1. The van der Waals surface area contributed by atoms with Crippen LogP contribution in [0.3, 0.4) is 0 Å². The predicted octanol–water partition coefficient (Wildman–Crippen LogP) is 5.25. The summed E-state index contributed by atoms with van der Waals surface area (Å²) in [6, 6.07) is 17.9. The number of fused-ring (bicyclic) bond motifs is 3. The number of amides is 1. The van der Waals surface area contributed by atoms with Gasteiger partial charge < -0.3 is 9.80 Å². The van der Waals surface area contributed by atoms with Crippen molar-refractivity contribution in [2.45, 2.75) is 19.8 Å². The van der Waals surface area contributed by atoms with Crippen LogP contribution in [0.2, 0.25) is 5.02 Å². The van der Waals surface area contributed by atoms with Crippen LogP contribution in [-0.4, -0.2) is 56.6 Å². The average Bonchev–Trinajstić information content (AvgIpc) is 3.48. The fourth-order valence-corrected chi connectivity index (χ4v) is 5.68. The Morgan fingerprint density at radius 1 is 1.03 bits per heavy atom. The molecule has 0 unspecified atom stereocenters. The molecule has 1 aliphatic rings. The highest BCUT2D eigenvalue weighted by Crippen LogP contribution is 2.30.